The Bertz CT molecular complexity index is 411. The van der Waals surface area contributed by atoms with E-state index in [2.05, 4.69) is 17.3 Å². The lowest BCUT2D eigenvalue weighted by Gasteiger charge is -2.30. The fourth-order valence-corrected chi connectivity index (χ4v) is 2.80. The van der Waals surface area contributed by atoms with Gasteiger partial charge < -0.3 is 10.2 Å². The lowest BCUT2D eigenvalue weighted by Crippen LogP contribution is -2.37. The molecule has 1 atom stereocenters. The summed E-state index contributed by atoms with van der Waals surface area (Å²) in [6, 6.07) is 8.28. The first-order valence-electron chi connectivity index (χ1n) is 7.47. The Kier molecular flexibility index (Phi) is 5.65. The van der Waals surface area contributed by atoms with Gasteiger partial charge in [-0.15, -0.1) is 0 Å². The molecule has 0 radical (unpaired) electrons. The summed E-state index contributed by atoms with van der Waals surface area (Å²) in [5.74, 6) is 0.473. The molecule has 5 heteroatoms. The molecule has 0 saturated carbocycles. The second-order valence-corrected chi connectivity index (χ2v) is 5.94. The summed E-state index contributed by atoms with van der Waals surface area (Å²) in [7, 11) is 2.08. The van der Waals surface area contributed by atoms with E-state index in [1.807, 2.05) is 6.07 Å². The molecule has 1 heterocycles. The molecule has 1 aromatic carbocycles. The number of nitrogens with one attached hydrogen (secondary N) is 1. The van der Waals surface area contributed by atoms with E-state index in [1.165, 1.54) is 0 Å². The van der Waals surface area contributed by atoms with Gasteiger partial charge in [-0.3, -0.25) is 0 Å². The van der Waals surface area contributed by atoms with Crippen molar-refractivity contribution in [3.63, 3.8) is 0 Å². The lowest BCUT2D eigenvalue weighted by atomic mass is 9.95. The van der Waals surface area contributed by atoms with Crippen LogP contribution in [0, 0.1) is 5.92 Å². The van der Waals surface area contributed by atoms with Crippen molar-refractivity contribution in [2.45, 2.75) is 31.5 Å². The van der Waals surface area contributed by atoms with E-state index in [0.717, 1.165) is 25.9 Å². The third kappa shape index (κ3) is 5.67. The predicted octanol–water partition coefficient (Wildman–Crippen LogP) is 3.61. The van der Waals surface area contributed by atoms with Crippen molar-refractivity contribution in [2.75, 3.05) is 26.7 Å². The summed E-state index contributed by atoms with van der Waals surface area (Å²) in [6.45, 7) is 2.72. The van der Waals surface area contributed by atoms with Gasteiger partial charge in [0, 0.05) is 6.04 Å². The molecular formula is C16H23F3N2. The highest BCUT2D eigenvalue weighted by molar-refractivity contribution is 5.19. The zero-order valence-electron chi connectivity index (χ0n) is 12.4. The van der Waals surface area contributed by atoms with E-state index < -0.39 is 18.6 Å². The average molecular weight is 300 g/mol. The second kappa shape index (κ2) is 7.27. The second-order valence-electron chi connectivity index (χ2n) is 5.94. The molecule has 1 fully saturated rings. The molecule has 2 nitrogen and oxygen atoms in total. The molecule has 1 unspecified atom stereocenters. The van der Waals surface area contributed by atoms with Crippen LogP contribution in [0.4, 0.5) is 13.2 Å². The number of halogens is 3. The van der Waals surface area contributed by atoms with Crippen LogP contribution in [0.1, 0.15) is 30.9 Å². The lowest BCUT2D eigenvalue weighted by molar-refractivity contribution is -0.140. The largest absolute Gasteiger partial charge is 0.390 e. The first-order valence-corrected chi connectivity index (χ1v) is 7.47. The Balaban J connectivity index is 1.93. The minimum atomic E-state index is -4.15. The van der Waals surface area contributed by atoms with E-state index in [4.69, 9.17) is 0 Å². The SMILES string of the molecule is CN1CCC(CNC(CC(F)(F)F)c2ccccc2)CC1. The zero-order chi connectivity index (χ0) is 15.3. The van der Waals surface area contributed by atoms with Crippen molar-refractivity contribution >= 4 is 0 Å². The third-order valence-electron chi connectivity index (χ3n) is 4.13. The molecule has 118 valence electrons. The summed E-state index contributed by atoms with van der Waals surface area (Å²) < 4.78 is 38.3. The molecule has 1 aromatic rings. The van der Waals surface area contributed by atoms with Gasteiger partial charge in [-0.2, -0.15) is 13.2 Å². The first-order chi connectivity index (χ1) is 9.94. The predicted molar refractivity (Wildman–Crippen MR) is 78.1 cm³/mol. The van der Waals surface area contributed by atoms with Crippen LogP contribution in [0.2, 0.25) is 0 Å². The van der Waals surface area contributed by atoms with Crippen LogP contribution in [0.3, 0.4) is 0 Å². The molecular weight excluding hydrogens is 277 g/mol. The quantitative estimate of drug-likeness (QED) is 0.893. The van der Waals surface area contributed by atoms with Crippen molar-refractivity contribution in [1.82, 2.24) is 10.2 Å². The minimum absolute atomic E-state index is 0.473. The fraction of sp³-hybridized carbons (Fsp3) is 0.625. The molecule has 1 N–H and O–H groups in total. The Morgan fingerprint density at radius 2 is 1.81 bits per heavy atom. The fourth-order valence-electron chi connectivity index (χ4n) is 2.80. The van der Waals surface area contributed by atoms with Crippen molar-refractivity contribution in [3.05, 3.63) is 35.9 Å². The Labute approximate surface area is 124 Å². The van der Waals surface area contributed by atoms with E-state index in [-0.39, 0.29) is 0 Å². The normalized spacial score (nSPS) is 19.6. The van der Waals surface area contributed by atoms with Gasteiger partial charge in [0.05, 0.1) is 6.42 Å². The van der Waals surface area contributed by atoms with Gasteiger partial charge in [-0.25, -0.2) is 0 Å². The summed E-state index contributed by atoms with van der Waals surface area (Å²) in [4.78, 5) is 2.26. The number of alkyl halides is 3. The molecule has 0 amide bonds. The molecule has 0 bridgehead atoms. The smallest absolute Gasteiger partial charge is 0.309 e. The van der Waals surface area contributed by atoms with Crippen LogP contribution in [-0.2, 0) is 0 Å². The van der Waals surface area contributed by atoms with Crippen molar-refractivity contribution < 1.29 is 13.2 Å². The van der Waals surface area contributed by atoms with Crippen LogP contribution in [0.25, 0.3) is 0 Å². The van der Waals surface area contributed by atoms with E-state index >= 15 is 0 Å². The standard InChI is InChI=1S/C16H23F3N2/c1-21-9-7-13(8-10-21)12-20-15(11-16(17,18)19)14-5-3-2-4-6-14/h2-6,13,15,20H,7-12H2,1H3. The van der Waals surface area contributed by atoms with Crippen molar-refractivity contribution in [1.29, 1.82) is 0 Å². The van der Waals surface area contributed by atoms with Gasteiger partial charge in [0.2, 0.25) is 0 Å². The Hall–Kier alpha value is -1.07. The number of nitrogens with zero attached hydrogens (tertiary/aromatic N) is 1. The van der Waals surface area contributed by atoms with Crippen LogP contribution < -0.4 is 5.32 Å². The number of benzene rings is 1. The van der Waals surface area contributed by atoms with Gasteiger partial charge >= 0.3 is 6.18 Å². The summed E-state index contributed by atoms with van der Waals surface area (Å²) >= 11 is 0. The highest BCUT2D eigenvalue weighted by atomic mass is 19.4. The number of rotatable bonds is 5. The molecule has 1 aliphatic rings. The molecule has 1 aliphatic heterocycles. The summed E-state index contributed by atoms with van der Waals surface area (Å²) in [5.41, 5.74) is 0.711. The maximum Gasteiger partial charge on any atom is 0.390 e. The minimum Gasteiger partial charge on any atom is -0.309 e. The molecule has 0 spiro atoms. The van der Waals surface area contributed by atoms with Gasteiger partial charge in [0.15, 0.2) is 0 Å². The number of likely N-dealkylation sites (tertiary alicyclic amines) is 1. The van der Waals surface area contributed by atoms with Crippen molar-refractivity contribution in [3.8, 4) is 0 Å². The molecule has 2 rings (SSSR count). The maximum atomic E-state index is 12.8. The van der Waals surface area contributed by atoms with Gasteiger partial charge in [-0.1, -0.05) is 30.3 Å². The number of hydrogen-bond donors (Lipinski definition) is 1. The van der Waals surface area contributed by atoms with Crippen LogP contribution in [-0.4, -0.2) is 37.8 Å². The van der Waals surface area contributed by atoms with Gasteiger partial charge in [-0.05, 0) is 51.0 Å². The van der Waals surface area contributed by atoms with Gasteiger partial charge in [0.1, 0.15) is 0 Å². The van der Waals surface area contributed by atoms with Crippen LogP contribution in [0.15, 0.2) is 30.3 Å². The summed E-state index contributed by atoms with van der Waals surface area (Å²) in [5, 5.41) is 3.14. The average Bonchev–Trinajstić information content (AvgIpc) is 2.45. The van der Waals surface area contributed by atoms with Crippen LogP contribution >= 0.6 is 0 Å². The highest BCUT2D eigenvalue weighted by Crippen LogP contribution is 2.30. The Morgan fingerprint density at radius 1 is 1.19 bits per heavy atom. The Morgan fingerprint density at radius 3 is 2.38 bits per heavy atom. The first kappa shape index (κ1) is 16.3. The van der Waals surface area contributed by atoms with Gasteiger partial charge in [0.25, 0.3) is 0 Å². The summed E-state index contributed by atoms with van der Waals surface area (Å²) in [6.07, 6.45) is -2.86. The van der Waals surface area contributed by atoms with E-state index in [9.17, 15) is 13.2 Å². The number of piperidine rings is 1. The third-order valence-corrected chi connectivity index (χ3v) is 4.13. The maximum absolute atomic E-state index is 12.8. The van der Waals surface area contributed by atoms with Crippen LogP contribution in [0.5, 0.6) is 0 Å². The zero-order valence-corrected chi connectivity index (χ0v) is 12.4. The topological polar surface area (TPSA) is 15.3 Å². The van der Waals surface area contributed by atoms with E-state index in [1.54, 1.807) is 24.3 Å². The molecule has 1 saturated heterocycles. The van der Waals surface area contributed by atoms with Crippen molar-refractivity contribution in [2.24, 2.45) is 5.92 Å². The molecule has 21 heavy (non-hydrogen) atoms. The molecule has 0 aliphatic carbocycles. The number of hydrogen-bond acceptors (Lipinski definition) is 2. The monoisotopic (exact) mass is 300 g/mol. The molecule has 0 aromatic heterocycles. The van der Waals surface area contributed by atoms with E-state index in [0.29, 0.717) is 18.0 Å². The highest BCUT2D eigenvalue weighted by Gasteiger charge is 2.32.